The van der Waals surface area contributed by atoms with E-state index < -0.39 is 0 Å². The Labute approximate surface area is 163 Å². The van der Waals surface area contributed by atoms with Crippen molar-refractivity contribution in [2.75, 3.05) is 24.3 Å². The molecule has 1 N–H and O–H groups in total. The highest BCUT2D eigenvalue weighted by Crippen LogP contribution is 2.18. The van der Waals surface area contributed by atoms with Crippen LogP contribution in [0.2, 0.25) is 0 Å². The van der Waals surface area contributed by atoms with Crippen LogP contribution in [-0.2, 0) is 16.9 Å². The van der Waals surface area contributed by atoms with Crippen molar-refractivity contribution in [3.8, 4) is 0 Å². The second kappa shape index (κ2) is 7.46. The molecule has 28 heavy (non-hydrogen) atoms. The Balaban J connectivity index is 1.69. The zero-order valence-electron chi connectivity index (χ0n) is 16.9. The molecule has 0 spiro atoms. The van der Waals surface area contributed by atoms with E-state index in [1.165, 1.54) is 10.9 Å². The number of anilines is 2. The molecule has 0 unspecified atom stereocenters. The van der Waals surface area contributed by atoms with Gasteiger partial charge in [0.1, 0.15) is 5.39 Å². The maximum absolute atomic E-state index is 12.7. The third-order valence-electron chi connectivity index (χ3n) is 4.44. The van der Waals surface area contributed by atoms with E-state index in [2.05, 4.69) is 15.4 Å². The van der Waals surface area contributed by atoms with Crippen molar-refractivity contribution in [3.05, 3.63) is 47.1 Å². The lowest BCUT2D eigenvalue weighted by Gasteiger charge is -2.19. The highest BCUT2D eigenvalue weighted by atomic mass is 16.2. The number of aromatic nitrogens is 4. The van der Waals surface area contributed by atoms with Crippen molar-refractivity contribution in [3.63, 3.8) is 0 Å². The van der Waals surface area contributed by atoms with Crippen LogP contribution in [0.1, 0.15) is 27.2 Å². The molecule has 3 aromatic rings. The first kappa shape index (κ1) is 19.6. The quantitative estimate of drug-likeness (QED) is 0.733. The molecule has 0 radical (unpaired) electrons. The minimum Gasteiger partial charge on any atom is -0.378 e. The molecule has 1 amide bonds. The first-order chi connectivity index (χ1) is 13.2. The number of nitrogens with zero attached hydrogens (tertiary/aromatic N) is 5. The van der Waals surface area contributed by atoms with E-state index >= 15 is 0 Å². The highest BCUT2D eigenvalue weighted by Gasteiger charge is 2.19. The number of aryl methyl sites for hydroxylation is 1. The summed E-state index contributed by atoms with van der Waals surface area (Å²) in [5.74, 6) is -0.157. The van der Waals surface area contributed by atoms with Crippen LogP contribution in [0.5, 0.6) is 0 Å². The minimum absolute atomic E-state index is 0.157. The third kappa shape index (κ3) is 4.05. The van der Waals surface area contributed by atoms with Gasteiger partial charge in [0, 0.05) is 38.4 Å². The zero-order valence-corrected chi connectivity index (χ0v) is 16.9. The van der Waals surface area contributed by atoms with Crippen LogP contribution in [0.4, 0.5) is 11.4 Å². The fourth-order valence-electron chi connectivity index (χ4n) is 2.89. The number of rotatable bonds is 5. The van der Waals surface area contributed by atoms with Crippen molar-refractivity contribution in [2.45, 2.75) is 39.3 Å². The predicted octanol–water partition coefficient (Wildman–Crippen LogP) is 2.44. The molecular formula is C20H26N6O2. The molecule has 0 saturated heterocycles. The van der Waals surface area contributed by atoms with Gasteiger partial charge >= 0.3 is 0 Å². The average Bonchev–Trinajstić information content (AvgIpc) is 3.07. The van der Waals surface area contributed by atoms with Crippen LogP contribution in [-0.4, -0.2) is 39.3 Å². The monoisotopic (exact) mass is 382 g/mol. The molecule has 0 aliphatic heterocycles. The van der Waals surface area contributed by atoms with Crippen molar-refractivity contribution in [2.24, 2.45) is 0 Å². The van der Waals surface area contributed by atoms with Crippen LogP contribution >= 0.6 is 0 Å². The minimum atomic E-state index is -0.268. The third-order valence-corrected chi connectivity index (χ3v) is 4.44. The predicted molar refractivity (Wildman–Crippen MR) is 111 cm³/mol. The van der Waals surface area contributed by atoms with Gasteiger partial charge in [0.05, 0.1) is 18.1 Å². The molecule has 148 valence electrons. The summed E-state index contributed by atoms with van der Waals surface area (Å²) in [5, 5.41) is 7.60. The molecule has 0 aliphatic carbocycles. The lowest BCUT2D eigenvalue weighted by Crippen LogP contribution is -2.26. The standard InChI is InChI=1S/C20H26N6O2/c1-20(2,3)26-18-16(12-22-26)19(28)25(13-21-18)11-10-17(27)23-14-6-8-15(9-7-14)24(4)5/h6-9,12-13H,10-11H2,1-5H3,(H,23,27). The number of hydrogen-bond acceptors (Lipinski definition) is 5. The number of hydrogen-bond donors (Lipinski definition) is 1. The van der Waals surface area contributed by atoms with Gasteiger partial charge in [0.25, 0.3) is 5.56 Å². The second-order valence-electron chi connectivity index (χ2n) is 7.95. The van der Waals surface area contributed by atoms with Gasteiger partial charge in [-0.05, 0) is 45.0 Å². The lowest BCUT2D eigenvalue weighted by atomic mass is 10.1. The van der Waals surface area contributed by atoms with Crippen LogP contribution in [0, 0.1) is 0 Å². The fourth-order valence-corrected chi connectivity index (χ4v) is 2.89. The molecule has 0 fully saturated rings. The highest BCUT2D eigenvalue weighted by molar-refractivity contribution is 5.90. The Bertz CT molecular complexity index is 1040. The molecule has 2 heterocycles. The summed E-state index contributed by atoms with van der Waals surface area (Å²) in [5.41, 5.74) is 1.88. The summed E-state index contributed by atoms with van der Waals surface area (Å²) in [6.45, 7) is 6.26. The Morgan fingerprint density at radius 2 is 1.86 bits per heavy atom. The van der Waals surface area contributed by atoms with Crippen molar-refractivity contribution in [1.29, 1.82) is 0 Å². The largest absolute Gasteiger partial charge is 0.378 e. The Morgan fingerprint density at radius 1 is 1.18 bits per heavy atom. The Hall–Kier alpha value is -3.16. The van der Waals surface area contributed by atoms with Gasteiger partial charge in [-0.15, -0.1) is 0 Å². The number of fused-ring (bicyclic) bond motifs is 1. The number of amides is 1. The van der Waals surface area contributed by atoms with Crippen LogP contribution < -0.4 is 15.8 Å². The van der Waals surface area contributed by atoms with Gasteiger partial charge < -0.3 is 10.2 Å². The Morgan fingerprint density at radius 3 is 2.46 bits per heavy atom. The molecule has 2 aromatic heterocycles. The van der Waals surface area contributed by atoms with Gasteiger partial charge in [-0.2, -0.15) is 5.10 Å². The second-order valence-corrected chi connectivity index (χ2v) is 7.95. The van der Waals surface area contributed by atoms with Crippen molar-refractivity contribution in [1.82, 2.24) is 19.3 Å². The topological polar surface area (TPSA) is 85.1 Å². The Kier molecular flexibility index (Phi) is 5.22. The SMILES string of the molecule is CN(C)c1ccc(NC(=O)CCn2cnc3c(cnn3C(C)(C)C)c2=O)cc1. The van der Waals surface area contributed by atoms with Gasteiger partial charge in [0.2, 0.25) is 5.91 Å². The normalized spacial score (nSPS) is 11.6. The summed E-state index contributed by atoms with van der Waals surface area (Å²) in [4.78, 5) is 31.3. The molecular weight excluding hydrogens is 356 g/mol. The molecule has 0 aliphatic rings. The van der Waals surface area contributed by atoms with E-state index in [-0.39, 0.29) is 30.0 Å². The average molecular weight is 382 g/mol. The van der Waals surface area contributed by atoms with Gasteiger partial charge in [0.15, 0.2) is 5.65 Å². The summed E-state index contributed by atoms with van der Waals surface area (Å²) in [6.07, 6.45) is 3.20. The first-order valence-corrected chi connectivity index (χ1v) is 9.18. The molecule has 1 aromatic carbocycles. The van der Waals surface area contributed by atoms with E-state index in [1.807, 2.05) is 64.0 Å². The van der Waals surface area contributed by atoms with E-state index in [4.69, 9.17) is 0 Å². The first-order valence-electron chi connectivity index (χ1n) is 9.18. The summed E-state index contributed by atoms with van der Waals surface area (Å²) in [6, 6.07) is 7.58. The van der Waals surface area contributed by atoms with Crippen LogP contribution in [0.15, 0.2) is 41.6 Å². The maximum atomic E-state index is 12.7. The molecule has 8 nitrogen and oxygen atoms in total. The lowest BCUT2D eigenvalue weighted by molar-refractivity contribution is -0.116. The van der Waals surface area contributed by atoms with E-state index in [0.717, 1.165) is 11.4 Å². The van der Waals surface area contributed by atoms with E-state index in [9.17, 15) is 9.59 Å². The molecule has 8 heteroatoms. The summed E-state index contributed by atoms with van der Waals surface area (Å²) in [7, 11) is 3.92. The van der Waals surface area contributed by atoms with Gasteiger partial charge in [-0.1, -0.05) is 0 Å². The summed E-state index contributed by atoms with van der Waals surface area (Å²) >= 11 is 0. The van der Waals surface area contributed by atoms with Crippen molar-refractivity contribution < 1.29 is 4.79 Å². The maximum Gasteiger partial charge on any atom is 0.264 e. The number of carbonyl (C=O) groups excluding carboxylic acids is 1. The van der Waals surface area contributed by atoms with Crippen LogP contribution in [0.3, 0.4) is 0 Å². The molecule has 3 rings (SSSR count). The van der Waals surface area contributed by atoms with E-state index in [1.54, 1.807) is 10.9 Å². The van der Waals surface area contributed by atoms with E-state index in [0.29, 0.717) is 11.0 Å². The number of benzene rings is 1. The smallest absolute Gasteiger partial charge is 0.264 e. The van der Waals surface area contributed by atoms with Crippen molar-refractivity contribution >= 4 is 28.3 Å². The molecule has 0 bridgehead atoms. The molecule has 0 saturated carbocycles. The fraction of sp³-hybridized carbons (Fsp3) is 0.400. The summed E-state index contributed by atoms with van der Waals surface area (Å²) < 4.78 is 3.18. The van der Waals surface area contributed by atoms with Gasteiger partial charge in [-0.25, -0.2) is 9.67 Å². The van der Waals surface area contributed by atoms with Gasteiger partial charge in [-0.3, -0.25) is 14.2 Å². The number of nitrogens with one attached hydrogen (secondary N) is 1. The molecule has 0 atom stereocenters. The van der Waals surface area contributed by atoms with Crippen LogP contribution in [0.25, 0.3) is 11.0 Å². The zero-order chi connectivity index (χ0) is 20.5. The number of carbonyl (C=O) groups is 1.